The Hall–Kier alpha value is -1.46. The molecule has 0 atom stereocenters. The Morgan fingerprint density at radius 2 is 2.39 bits per heavy atom. The van der Waals surface area contributed by atoms with E-state index in [1.165, 1.54) is 0 Å². The topological polar surface area (TPSA) is 71.2 Å². The third-order valence-electron chi connectivity index (χ3n) is 2.97. The Bertz CT molecular complexity index is 417. The molecule has 0 spiro atoms. The molecule has 2 rings (SSSR count). The summed E-state index contributed by atoms with van der Waals surface area (Å²) in [6.45, 7) is 1.53. The number of carbonyl (C=O) groups is 1. The number of hydrogen-bond acceptors (Lipinski definition) is 4. The van der Waals surface area contributed by atoms with E-state index in [9.17, 15) is 4.79 Å². The van der Waals surface area contributed by atoms with Crippen molar-refractivity contribution in [3.63, 3.8) is 0 Å². The second-order valence-electron chi connectivity index (χ2n) is 4.83. The van der Waals surface area contributed by atoms with Crippen LogP contribution in [0.3, 0.4) is 0 Å². The van der Waals surface area contributed by atoms with E-state index in [0.29, 0.717) is 25.7 Å². The molecule has 1 fully saturated rings. The normalized spacial score (nSPS) is 14.8. The van der Waals surface area contributed by atoms with Crippen LogP contribution in [-0.4, -0.2) is 35.4 Å². The van der Waals surface area contributed by atoms with Gasteiger partial charge in [-0.25, -0.2) is 0 Å². The molecule has 0 saturated heterocycles. The second kappa shape index (κ2) is 5.93. The minimum absolute atomic E-state index is 0.0955. The summed E-state index contributed by atoms with van der Waals surface area (Å²) in [4.78, 5) is 17.9. The molecule has 18 heavy (non-hydrogen) atoms. The molecule has 1 aliphatic rings. The highest BCUT2D eigenvalue weighted by Crippen LogP contribution is 2.18. The fourth-order valence-corrected chi connectivity index (χ4v) is 1.89. The lowest BCUT2D eigenvalue weighted by Gasteiger charge is -2.17. The van der Waals surface area contributed by atoms with Gasteiger partial charge in [0.25, 0.3) is 0 Å². The van der Waals surface area contributed by atoms with Crippen LogP contribution in [0.1, 0.15) is 24.1 Å². The van der Waals surface area contributed by atoms with Gasteiger partial charge in [0.1, 0.15) is 0 Å². The van der Waals surface area contributed by atoms with Crippen molar-refractivity contribution in [2.24, 2.45) is 5.73 Å². The number of nitrogens with two attached hydrogens (primary N) is 1. The maximum absolute atomic E-state index is 11.7. The van der Waals surface area contributed by atoms with Gasteiger partial charge in [-0.15, -0.1) is 0 Å². The number of pyridine rings is 1. The summed E-state index contributed by atoms with van der Waals surface area (Å²) in [5, 5.41) is 2.98. The van der Waals surface area contributed by atoms with Gasteiger partial charge in [0.05, 0.1) is 12.2 Å². The standard InChI is InChI=1S/C13H20N4O/c1-17(9-13(18)16-11-4-5-11)8-10-3-2-6-15-12(10)7-14/h2-3,6,11H,4-5,7-9,14H2,1H3,(H,16,18). The lowest BCUT2D eigenvalue weighted by molar-refractivity contribution is -0.122. The van der Waals surface area contributed by atoms with Crippen LogP contribution in [0.5, 0.6) is 0 Å². The van der Waals surface area contributed by atoms with E-state index in [2.05, 4.69) is 10.3 Å². The zero-order valence-corrected chi connectivity index (χ0v) is 10.7. The van der Waals surface area contributed by atoms with Crippen LogP contribution >= 0.6 is 0 Å². The summed E-state index contributed by atoms with van der Waals surface area (Å²) in [7, 11) is 1.93. The summed E-state index contributed by atoms with van der Waals surface area (Å²) in [6.07, 6.45) is 3.98. The first-order chi connectivity index (χ1) is 8.69. The Labute approximate surface area is 107 Å². The summed E-state index contributed by atoms with van der Waals surface area (Å²) in [5.74, 6) is 0.0955. The van der Waals surface area contributed by atoms with Gasteiger partial charge in [-0.05, 0) is 31.5 Å². The van der Waals surface area contributed by atoms with Gasteiger partial charge in [0.2, 0.25) is 5.91 Å². The van der Waals surface area contributed by atoms with Gasteiger partial charge < -0.3 is 11.1 Å². The molecule has 1 saturated carbocycles. The van der Waals surface area contributed by atoms with Gasteiger partial charge >= 0.3 is 0 Å². The van der Waals surface area contributed by atoms with Crippen molar-refractivity contribution in [1.82, 2.24) is 15.2 Å². The minimum Gasteiger partial charge on any atom is -0.352 e. The average molecular weight is 248 g/mol. The van der Waals surface area contributed by atoms with Crippen LogP contribution < -0.4 is 11.1 Å². The van der Waals surface area contributed by atoms with Gasteiger partial charge in [0.15, 0.2) is 0 Å². The monoisotopic (exact) mass is 248 g/mol. The first kappa shape index (κ1) is 13.0. The van der Waals surface area contributed by atoms with Crippen molar-refractivity contribution in [2.45, 2.75) is 32.0 Å². The third kappa shape index (κ3) is 3.78. The summed E-state index contributed by atoms with van der Waals surface area (Å²) >= 11 is 0. The van der Waals surface area contributed by atoms with Crippen molar-refractivity contribution in [2.75, 3.05) is 13.6 Å². The fraction of sp³-hybridized carbons (Fsp3) is 0.538. The molecule has 5 nitrogen and oxygen atoms in total. The molecule has 98 valence electrons. The first-order valence-corrected chi connectivity index (χ1v) is 6.30. The molecule has 0 unspecified atom stereocenters. The lowest BCUT2D eigenvalue weighted by Crippen LogP contribution is -2.36. The van der Waals surface area contributed by atoms with Crippen molar-refractivity contribution in [3.05, 3.63) is 29.6 Å². The van der Waals surface area contributed by atoms with Crippen LogP contribution in [0.15, 0.2) is 18.3 Å². The SMILES string of the molecule is CN(CC(=O)NC1CC1)Cc1cccnc1CN. The molecule has 3 N–H and O–H groups in total. The smallest absolute Gasteiger partial charge is 0.234 e. The van der Waals surface area contributed by atoms with E-state index < -0.39 is 0 Å². The van der Waals surface area contributed by atoms with E-state index in [4.69, 9.17) is 5.73 Å². The van der Waals surface area contributed by atoms with Crippen LogP contribution in [0.4, 0.5) is 0 Å². The Kier molecular flexibility index (Phi) is 4.28. The maximum atomic E-state index is 11.7. The van der Waals surface area contributed by atoms with Crippen molar-refractivity contribution < 1.29 is 4.79 Å². The maximum Gasteiger partial charge on any atom is 0.234 e. The van der Waals surface area contributed by atoms with Crippen LogP contribution in [-0.2, 0) is 17.9 Å². The van der Waals surface area contributed by atoms with Crippen molar-refractivity contribution >= 4 is 5.91 Å². The van der Waals surface area contributed by atoms with Gasteiger partial charge in [-0.2, -0.15) is 0 Å². The number of likely N-dealkylation sites (N-methyl/N-ethyl adjacent to an activating group) is 1. The minimum atomic E-state index is 0.0955. The largest absolute Gasteiger partial charge is 0.352 e. The zero-order chi connectivity index (χ0) is 13.0. The molecule has 0 aromatic carbocycles. The Morgan fingerprint density at radius 3 is 3.06 bits per heavy atom. The Balaban J connectivity index is 1.85. The fourth-order valence-electron chi connectivity index (χ4n) is 1.89. The highest BCUT2D eigenvalue weighted by molar-refractivity contribution is 5.78. The molecular weight excluding hydrogens is 228 g/mol. The number of amides is 1. The van der Waals surface area contributed by atoms with Crippen LogP contribution in [0.2, 0.25) is 0 Å². The number of carbonyl (C=O) groups excluding carboxylic acids is 1. The van der Waals surface area contributed by atoms with Crippen LogP contribution in [0, 0.1) is 0 Å². The quantitative estimate of drug-likeness (QED) is 0.757. The number of hydrogen-bond donors (Lipinski definition) is 2. The highest BCUT2D eigenvalue weighted by atomic mass is 16.2. The zero-order valence-electron chi connectivity index (χ0n) is 10.7. The number of nitrogens with one attached hydrogen (secondary N) is 1. The predicted octanol–water partition coefficient (Wildman–Crippen LogP) is 0.251. The first-order valence-electron chi connectivity index (χ1n) is 6.30. The summed E-state index contributed by atoms with van der Waals surface area (Å²) < 4.78 is 0. The molecule has 5 heteroatoms. The predicted molar refractivity (Wildman–Crippen MR) is 69.6 cm³/mol. The van der Waals surface area contributed by atoms with Crippen molar-refractivity contribution in [1.29, 1.82) is 0 Å². The number of nitrogens with zero attached hydrogens (tertiary/aromatic N) is 2. The Morgan fingerprint density at radius 1 is 1.61 bits per heavy atom. The van der Waals surface area contributed by atoms with Crippen molar-refractivity contribution in [3.8, 4) is 0 Å². The van der Waals surface area contributed by atoms with Crippen LogP contribution in [0.25, 0.3) is 0 Å². The molecule has 0 radical (unpaired) electrons. The summed E-state index contributed by atoms with van der Waals surface area (Å²) in [6, 6.07) is 4.32. The average Bonchev–Trinajstić information content (AvgIpc) is 3.13. The molecular formula is C13H20N4O. The van der Waals surface area contributed by atoms with E-state index >= 15 is 0 Å². The van der Waals surface area contributed by atoms with E-state index in [1.54, 1.807) is 6.20 Å². The molecule has 1 aromatic rings. The van der Waals surface area contributed by atoms with E-state index in [0.717, 1.165) is 24.1 Å². The molecule has 1 heterocycles. The molecule has 1 aliphatic carbocycles. The van der Waals surface area contributed by atoms with Gasteiger partial charge in [0, 0.05) is 25.3 Å². The third-order valence-corrected chi connectivity index (χ3v) is 2.97. The molecule has 0 bridgehead atoms. The number of rotatable bonds is 6. The highest BCUT2D eigenvalue weighted by Gasteiger charge is 2.23. The van der Waals surface area contributed by atoms with E-state index in [-0.39, 0.29) is 5.91 Å². The second-order valence-corrected chi connectivity index (χ2v) is 4.83. The number of aromatic nitrogens is 1. The molecule has 1 aromatic heterocycles. The summed E-state index contributed by atoms with van der Waals surface area (Å²) in [5.41, 5.74) is 7.62. The lowest BCUT2D eigenvalue weighted by atomic mass is 10.2. The van der Waals surface area contributed by atoms with Gasteiger partial charge in [-0.3, -0.25) is 14.7 Å². The van der Waals surface area contributed by atoms with Gasteiger partial charge in [-0.1, -0.05) is 6.07 Å². The molecule has 1 amide bonds. The molecule has 0 aliphatic heterocycles. The van der Waals surface area contributed by atoms with E-state index in [1.807, 2.05) is 24.1 Å².